The van der Waals surface area contributed by atoms with Crippen molar-refractivity contribution in [3.8, 4) is 11.3 Å². The van der Waals surface area contributed by atoms with Gasteiger partial charge in [-0.3, -0.25) is 4.68 Å². The fraction of sp³-hybridized carbons (Fsp3) is 0.182. The minimum absolute atomic E-state index is 0.275. The molecule has 4 nitrogen and oxygen atoms in total. The fourth-order valence-electron chi connectivity index (χ4n) is 1.91. The predicted molar refractivity (Wildman–Crippen MR) is 69.4 cm³/mol. The number of nitrogens with zero attached hydrogens (tertiary/aromatic N) is 4. The van der Waals surface area contributed by atoms with E-state index in [2.05, 4.69) is 20.4 Å². The molecule has 3 rings (SSSR count). The molecule has 0 saturated heterocycles. The van der Waals surface area contributed by atoms with Crippen molar-refractivity contribution >= 4 is 33.2 Å². The summed E-state index contributed by atoms with van der Waals surface area (Å²) in [4.78, 5) is 8.29. The van der Waals surface area contributed by atoms with Crippen molar-refractivity contribution in [2.45, 2.75) is 6.92 Å². The van der Waals surface area contributed by atoms with Crippen LogP contribution in [0.5, 0.6) is 0 Å². The first-order chi connectivity index (χ1) is 8.16. The highest BCUT2D eigenvalue weighted by Gasteiger charge is 2.14. The van der Waals surface area contributed by atoms with Gasteiger partial charge in [-0.25, -0.2) is 9.97 Å². The molecule has 0 radical (unpaired) electrons. The highest BCUT2D eigenvalue weighted by Crippen LogP contribution is 2.33. The van der Waals surface area contributed by atoms with Crippen molar-refractivity contribution in [2.24, 2.45) is 7.05 Å². The van der Waals surface area contributed by atoms with E-state index in [1.165, 1.54) is 0 Å². The summed E-state index contributed by atoms with van der Waals surface area (Å²) >= 11 is 7.46. The lowest BCUT2D eigenvalue weighted by Gasteiger charge is -2.01. The second kappa shape index (κ2) is 3.78. The third-order valence-electron chi connectivity index (χ3n) is 2.66. The summed E-state index contributed by atoms with van der Waals surface area (Å²) in [6.45, 7) is 2.04. The first-order valence-corrected chi connectivity index (χ1v) is 6.31. The van der Waals surface area contributed by atoms with Crippen LogP contribution in [0.1, 0.15) is 5.56 Å². The normalized spacial score (nSPS) is 11.2. The Morgan fingerprint density at radius 2 is 2.18 bits per heavy atom. The van der Waals surface area contributed by atoms with E-state index >= 15 is 0 Å². The highest BCUT2D eigenvalue weighted by atomic mass is 35.5. The number of thiophene rings is 1. The largest absolute Gasteiger partial charge is 0.268 e. The average molecular weight is 265 g/mol. The molecule has 0 N–H and O–H groups in total. The second-order valence-corrected chi connectivity index (χ2v) is 5.05. The third-order valence-corrected chi connectivity index (χ3v) is 3.75. The summed E-state index contributed by atoms with van der Waals surface area (Å²) in [5.74, 6) is 0. The summed E-state index contributed by atoms with van der Waals surface area (Å²) in [5, 5.41) is 6.59. The van der Waals surface area contributed by atoms with Gasteiger partial charge in [0.2, 0.25) is 5.28 Å². The number of fused-ring (bicyclic) bond motifs is 1. The lowest BCUT2D eigenvalue weighted by molar-refractivity contribution is 0.776. The first-order valence-electron chi connectivity index (χ1n) is 5.05. The molecule has 86 valence electrons. The molecule has 0 atom stereocenters. The Balaban J connectivity index is 2.35. The van der Waals surface area contributed by atoms with Crippen molar-refractivity contribution in [3.63, 3.8) is 0 Å². The molecule has 17 heavy (non-hydrogen) atoms. The van der Waals surface area contributed by atoms with E-state index in [-0.39, 0.29) is 5.28 Å². The zero-order valence-electron chi connectivity index (χ0n) is 9.31. The molecule has 0 spiro atoms. The maximum atomic E-state index is 5.85. The van der Waals surface area contributed by atoms with Crippen LogP contribution in [0.2, 0.25) is 5.28 Å². The lowest BCUT2D eigenvalue weighted by Crippen LogP contribution is -1.94. The number of hydrogen-bond acceptors (Lipinski definition) is 4. The maximum absolute atomic E-state index is 5.85. The minimum atomic E-state index is 0.275. The number of aromatic nitrogens is 4. The smallest absolute Gasteiger partial charge is 0.222 e. The van der Waals surface area contributed by atoms with Crippen LogP contribution in [0.15, 0.2) is 17.8 Å². The van der Waals surface area contributed by atoms with Gasteiger partial charge < -0.3 is 0 Å². The molecule has 0 aliphatic carbocycles. The van der Waals surface area contributed by atoms with Crippen LogP contribution in [0.3, 0.4) is 0 Å². The van der Waals surface area contributed by atoms with Crippen LogP contribution >= 0.6 is 22.9 Å². The van der Waals surface area contributed by atoms with Crippen LogP contribution in [0.4, 0.5) is 0 Å². The van der Waals surface area contributed by atoms with Crippen LogP contribution in [0.25, 0.3) is 21.5 Å². The molecule has 0 fully saturated rings. The highest BCUT2D eigenvalue weighted by molar-refractivity contribution is 7.17. The van der Waals surface area contributed by atoms with E-state index in [1.54, 1.807) is 17.5 Å². The van der Waals surface area contributed by atoms with Crippen molar-refractivity contribution < 1.29 is 0 Å². The SMILES string of the molecule is Cc1cnn(C)c1-c1csc2cnc(Cl)nc12. The van der Waals surface area contributed by atoms with E-state index in [9.17, 15) is 0 Å². The molecule has 0 saturated carbocycles. The molecule has 3 heterocycles. The summed E-state index contributed by atoms with van der Waals surface area (Å²) in [6.07, 6.45) is 3.60. The van der Waals surface area contributed by atoms with Gasteiger partial charge in [0.25, 0.3) is 0 Å². The number of aryl methyl sites for hydroxylation is 2. The maximum Gasteiger partial charge on any atom is 0.222 e. The number of rotatable bonds is 1. The summed E-state index contributed by atoms with van der Waals surface area (Å²) < 4.78 is 2.89. The Hall–Kier alpha value is -1.46. The molecule has 6 heteroatoms. The molecule has 0 aromatic carbocycles. The molecule has 0 amide bonds. The van der Waals surface area contributed by atoms with Crippen LogP contribution in [0, 0.1) is 6.92 Å². The van der Waals surface area contributed by atoms with Crippen molar-refractivity contribution in [2.75, 3.05) is 0 Å². The summed E-state index contributed by atoms with van der Waals surface area (Å²) in [5.41, 5.74) is 4.15. The van der Waals surface area contributed by atoms with Crippen molar-refractivity contribution in [1.82, 2.24) is 19.7 Å². The van der Waals surface area contributed by atoms with Gasteiger partial charge in [-0.2, -0.15) is 5.10 Å². The van der Waals surface area contributed by atoms with Gasteiger partial charge >= 0.3 is 0 Å². The van der Waals surface area contributed by atoms with Crippen LogP contribution in [-0.4, -0.2) is 19.7 Å². The van der Waals surface area contributed by atoms with Crippen molar-refractivity contribution in [1.29, 1.82) is 0 Å². The first kappa shape index (κ1) is 10.7. The fourth-order valence-corrected chi connectivity index (χ4v) is 2.89. The Labute approximate surface area is 107 Å². The summed E-state index contributed by atoms with van der Waals surface area (Å²) in [7, 11) is 1.93. The molecular weight excluding hydrogens is 256 g/mol. The van der Waals surface area contributed by atoms with E-state index in [4.69, 9.17) is 11.6 Å². The molecule has 0 aliphatic rings. The van der Waals surface area contributed by atoms with Gasteiger partial charge in [-0.15, -0.1) is 11.3 Å². The zero-order valence-corrected chi connectivity index (χ0v) is 10.9. The minimum Gasteiger partial charge on any atom is -0.268 e. The van der Waals surface area contributed by atoms with Gasteiger partial charge in [-0.1, -0.05) is 0 Å². The number of hydrogen-bond donors (Lipinski definition) is 0. The Morgan fingerprint density at radius 1 is 1.35 bits per heavy atom. The van der Waals surface area contributed by atoms with Crippen LogP contribution in [-0.2, 0) is 7.05 Å². The quantitative estimate of drug-likeness (QED) is 0.635. The monoisotopic (exact) mass is 264 g/mol. The number of halogens is 1. The second-order valence-electron chi connectivity index (χ2n) is 3.80. The Kier molecular flexibility index (Phi) is 2.38. The van der Waals surface area contributed by atoms with Gasteiger partial charge in [0.05, 0.1) is 22.1 Å². The molecular formula is C11H9ClN4S. The molecule has 0 bridgehead atoms. The Bertz CT molecular complexity index is 681. The topological polar surface area (TPSA) is 43.6 Å². The van der Waals surface area contributed by atoms with Gasteiger partial charge in [0, 0.05) is 24.2 Å². The van der Waals surface area contributed by atoms with E-state index in [0.717, 1.165) is 27.0 Å². The standard InChI is InChI=1S/C11H9ClN4S/c1-6-3-14-16(2)10(6)7-5-17-8-4-13-11(12)15-9(7)8/h3-5H,1-2H3. The third kappa shape index (κ3) is 1.62. The molecule has 3 aromatic heterocycles. The van der Waals surface area contributed by atoms with Gasteiger partial charge in [0.1, 0.15) is 0 Å². The molecule has 0 unspecified atom stereocenters. The Morgan fingerprint density at radius 3 is 2.88 bits per heavy atom. The van der Waals surface area contributed by atoms with Crippen LogP contribution < -0.4 is 0 Å². The predicted octanol–water partition coefficient (Wildman–Crippen LogP) is 3.05. The van der Waals surface area contributed by atoms with E-state index in [0.29, 0.717) is 0 Å². The lowest BCUT2D eigenvalue weighted by atomic mass is 10.1. The molecule has 3 aromatic rings. The molecule has 0 aliphatic heterocycles. The van der Waals surface area contributed by atoms with Gasteiger partial charge in [-0.05, 0) is 24.1 Å². The van der Waals surface area contributed by atoms with Gasteiger partial charge in [0.15, 0.2) is 0 Å². The van der Waals surface area contributed by atoms with Crippen molar-refractivity contribution in [3.05, 3.63) is 28.6 Å². The van der Waals surface area contributed by atoms with E-state index < -0.39 is 0 Å². The van der Waals surface area contributed by atoms with E-state index in [1.807, 2.05) is 24.9 Å². The summed E-state index contributed by atoms with van der Waals surface area (Å²) in [6, 6.07) is 0. The zero-order chi connectivity index (χ0) is 12.0. The average Bonchev–Trinajstić information content (AvgIpc) is 2.83.